The maximum Gasteiger partial charge on any atom is 0.253 e. The van der Waals surface area contributed by atoms with Gasteiger partial charge in [0.25, 0.3) is 5.91 Å². The van der Waals surface area contributed by atoms with Gasteiger partial charge in [0.2, 0.25) is 5.91 Å². The molecule has 136 valence electrons. The average molecular weight is 344 g/mol. The van der Waals surface area contributed by atoms with Gasteiger partial charge in [-0.1, -0.05) is 25.1 Å². The second-order valence-electron chi connectivity index (χ2n) is 7.84. The van der Waals surface area contributed by atoms with Crippen LogP contribution in [0.4, 0.5) is 0 Å². The second kappa shape index (κ2) is 7.16. The highest BCUT2D eigenvalue weighted by atomic mass is 16.3. The standard InChI is InChI=1S/C20H28N2O3/c1-15-9-12-21(13-17(15)23)19(25)20(2)10-6-11-22(14-20)18(24)16-7-4-3-5-8-16/h3-5,7-8,15,17,23H,6,9-14H2,1-2H3. The van der Waals surface area contributed by atoms with Gasteiger partial charge in [0, 0.05) is 31.7 Å². The Bertz CT molecular complexity index is 633. The van der Waals surface area contributed by atoms with E-state index in [4.69, 9.17) is 0 Å². The van der Waals surface area contributed by atoms with E-state index in [0.29, 0.717) is 31.7 Å². The molecule has 1 N–H and O–H groups in total. The number of hydrogen-bond donors (Lipinski definition) is 1. The molecule has 1 aromatic rings. The molecule has 0 saturated carbocycles. The van der Waals surface area contributed by atoms with E-state index in [1.165, 1.54) is 0 Å². The number of aliphatic hydroxyl groups is 1. The lowest BCUT2D eigenvalue weighted by Gasteiger charge is -2.44. The fourth-order valence-electron chi connectivity index (χ4n) is 3.97. The second-order valence-corrected chi connectivity index (χ2v) is 7.84. The Morgan fingerprint density at radius 1 is 1.16 bits per heavy atom. The van der Waals surface area contributed by atoms with E-state index in [1.54, 1.807) is 9.80 Å². The summed E-state index contributed by atoms with van der Waals surface area (Å²) in [4.78, 5) is 29.4. The van der Waals surface area contributed by atoms with Gasteiger partial charge in [-0.05, 0) is 44.2 Å². The molecule has 1 aromatic carbocycles. The van der Waals surface area contributed by atoms with Crippen LogP contribution < -0.4 is 0 Å². The van der Waals surface area contributed by atoms with Crippen LogP contribution in [0.5, 0.6) is 0 Å². The number of nitrogens with zero attached hydrogens (tertiary/aromatic N) is 2. The third-order valence-electron chi connectivity index (χ3n) is 5.73. The van der Waals surface area contributed by atoms with Gasteiger partial charge >= 0.3 is 0 Å². The molecule has 2 fully saturated rings. The molecule has 0 spiro atoms. The molecule has 2 aliphatic rings. The van der Waals surface area contributed by atoms with Gasteiger partial charge in [0.1, 0.15) is 0 Å². The minimum Gasteiger partial charge on any atom is -0.391 e. The topological polar surface area (TPSA) is 60.9 Å². The minimum atomic E-state index is -0.566. The molecule has 2 heterocycles. The van der Waals surface area contributed by atoms with Gasteiger partial charge < -0.3 is 14.9 Å². The predicted molar refractivity (Wildman–Crippen MR) is 96.1 cm³/mol. The summed E-state index contributed by atoms with van der Waals surface area (Å²) in [5.74, 6) is 0.301. The number of carbonyl (C=O) groups excluding carboxylic acids is 2. The summed E-state index contributed by atoms with van der Waals surface area (Å²) in [5.41, 5.74) is 0.102. The van der Waals surface area contributed by atoms with Crippen molar-refractivity contribution >= 4 is 11.8 Å². The fraction of sp³-hybridized carbons (Fsp3) is 0.600. The van der Waals surface area contributed by atoms with Gasteiger partial charge in [0.15, 0.2) is 0 Å². The molecule has 25 heavy (non-hydrogen) atoms. The maximum absolute atomic E-state index is 13.1. The van der Waals surface area contributed by atoms with Crippen LogP contribution in [-0.2, 0) is 4.79 Å². The van der Waals surface area contributed by atoms with Crippen molar-refractivity contribution in [3.8, 4) is 0 Å². The van der Waals surface area contributed by atoms with Gasteiger partial charge in [-0.2, -0.15) is 0 Å². The number of likely N-dealkylation sites (tertiary alicyclic amines) is 2. The Labute approximate surface area is 149 Å². The van der Waals surface area contributed by atoms with E-state index in [1.807, 2.05) is 44.2 Å². The molecule has 2 aliphatic heterocycles. The first-order valence-electron chi connectivity index (χ1n) is 9.22. The van der Waals surface area contributed by atoms with Crippen LogP contribution in [0.3, 0.4) is 0 Å². The van der Waals surface area contributed by atoms with Crippen LogP contribution in [-0.4, -0.2) is 59.0 Å². The van der Waals surface area contributed by atoms with Crippen LogP contribution in [0.15, 0.2) is 30.3 Å². The fourth-order valence-corrected chi connectivity index (χ4v) is 3.97. The SMILES string of the molecule is CC1CCN(C(=O)C2(C)CCCN(C(=O)c3ccccc3)C2)CC1O. The zero-order chi connectivity index (χ0) is 18.0. The summed E-state index contributed by atoms with van der Waals surface area (Å²) in [6.45, 7) is 6.22. The zero-order valence-corrected chi connectivity index (χ0v) is 15.1. The molecule has 3 atom stereocenters. The van der Waals surface area contributed by atoms with E-state index >= 15 is 0 Å². The summed E-state index contributed by atoms with van der Waals surface area (Å²) in [5, 5.41) is 10.1. The van der Waals surface area contributed by atoms with E-state index in [0.717, 1.165) is 19.3 Å². The van der Waals surface area contributed by atoms with Crippen LogP contribution in [0.2, 0.25) is 0 Å². The first kappa shape index (κ1) is 17.9. The minimum absolute atomic E-state index is 0.00775. The third-order valence-corrected chi connectivity index (χ3v) is 5.73. The van der Waals surface area contributed by atoms with Crippen LogP contribution in [0.1, 0.15) is 43.5 Å². The smallest absolute Gasteiger partial charge is 0.253 e. The number of carbonyl (C=O) groups is 2. The maximum atomic E-state index is 13.1. The molecular weight excluding hydrogens is 316 g/mol. The Kier molecular flexibility index (Phi) is 5.13. The van der Waals surface area contributed by atoms with Crippen molar-refractivity contribution < 1.29 is 14.7 Å². The van der Waals surface area contributed by atoms with Crippen LogP contribution >= 0.6 is 0 Å². The van der Waals surface area contributed by atoms with Crippen LogP contribution in [0, 0.1) is 11.3 Å². The third kappa shape index (κ3) is 3.71. The monoisotopic (exact) mass is 344 g/mol. The summed E-state index contributed by atoms with van der Waals surface area (Å²) >= 11 is 0. The number of rotatable bonds is 2. The Hall–Kier alpha value is -1.88. The molecule has 5 nitrogen and oxygen atoms in total. The molecule has 5 heteroatoms. The van der Waals surface area contributed by atoms with Crippen molar-refractivity contribution in [3.05, 3.63) is 35.9 Å². The quantitative estimate of drug-likeness (QED) is 0.894. The number of aliphatic hydroxyl groups excluding tert-OH is 1. The highest BCUT2D eigenvalue weighted by Gasteiger charge is 2.43. The Balaban J connectivity index is 1.71. The van der Waals surface area contributed by atoms with Crippen molar-refractivity contribution in [2.24, 2.45) is 11.3 Å². The predicted octanol–water partition coefficient (Wildman–Crippen LogP) is 2.16. The summed E-state index contributed by atoms with van der Waals surface area (Å²) in [6, 6.07) is 9.25. The summed E-state index contributed by atoms with van der Waals surface area (Å²) < 4.78 is 0. The van der Waals surface area contributed by atoms with E-state index < -0.39 is 11.5 Å². The molecular formula is C20H28N2O3. The normalized spacial score (nSPS) is 30.2. The van der Waals surface area contributed by atoms with Crippen molar-refractivity contribution in [3.63, 3.8) is 0 Å². The number of benzene rings is 1. The van der Waals surface area contributed by atoms with Gasteiger partial charge in [0.05, 0.1) is 11.5 Å². The largest absolute Gasteiger partial charge is 0.391 e. The average Bonchev–Trinajstić information content (AvgIpc) is 2.63. The molecule has 3 unspecified atom stereocenters. The van der Waals surface area contributed by atoms with Gasteiger partial charge in [-0.25, -0.2) is 0 Å². The van der Waals surface area contributed by atoms with Crippen molar-refractivity contribution in [2.45, 2.75) is 39.2 Å². The Morgan fingerprint density at radius 3 is 2.56 bits per heavy atom. The van der Waals surface area contributed by atoms with Crippen molar-refractivity contribution in [2.75, 3.05) is 26.2 Å². The number of amides is 2. The lowest BCUT2D eigenvalue weighted by molar-refractivity contribution is -0.148. The van der Waals surface area contributed by atoms with Gasteiger partial charge in [-0.3, -0.25) is 9.59 Å². The van der Waals surface area contributed by atoms with E-state index in [9.17, 15) is 14.7 Å². The number of piperidine rings is 2. The Morgan fingerprint density at radius 2 is 1.88 bits per heavy atom. The highest BCUT2D eigenvalue weighted by Crippen LogP contribution is 2.33. The molecule has 2 saturated heterocycles. The zero-order valence-electron chi connectivity index (χ0n) is 15.1. The molecule has 0 radical (unpaired) electrons. The first-order valence-corrected chi connectivity index (χ1v) is 9.22. The lowest BCUT2D eigenvalue weighted by atomic mass is 9.79. The van der Waals surface area contributed by atoms with E-state index in [-0.39, 0.29) is 17.7 Å². The summed E-state index contributed by atoms with van der Waals surface area (Å²) in [6.07, 6.45) is 1.99. The summed E-state index contributed by atoms with van der Waals surface area (Å²) in [7, 11) is 0. The highest BCUT2D eigenvalue weighted by molar-refractivity contribution is 5.95. The first-order chi connectivity index (χ1) is 11.9. The molecule has 2 amide bonds. The van der Waals surface area contributed by atoms with Crippen molar-refractivity contribution in [1.82, 2.24) is 9.80 Å². The molecule has 3 rings (SSSR count). The number of hydrogen-bond acceptors (Lipinski definition) is 3. The molecule has 0 bridgehead atoms. The van der Waals surface area contributed by atoms with E-state index in [2.05, 4.69) is 0 Å². The van der Waals surface area contributed by atoms with Crippen LogP contribution in [0.25, 0.3) is 0 Å². The van der Waals surface area contributed by atoms with Gasteiger partial charge in [-0.15, -0.1) is 0 Å². The van der Waals surface area contributed by atoms with Crippen molar-refractivity contribution in [1.29, 1.82) is 0 Å². The molecule has 0 aliphatic carbocycles. The molecule has 0 aromatic heterocycles. The number of β-amino-alcohol motifs (C(OH)–C–C–N with tert-alkyl or cyclic N) is 1. The lowest BCUT2D eigenvalue weighted by Crippen LogP contribution is -2.56.